The second kappa shape index (κ2) is 5.86. The predicted molar refractivity (Wildman–Crippen MR) is 85.0 cm³/mol. The molecule has 0 amide bonds. The Morgan fingerprint density at radius 1 is 1.00 bits per heavy atom. The fourth-order valence-electron chi connectivity index (χ4n) is 2.90. The number of fused-ring (bicyclic) bond motifs is 1. The molecule has 2 aromatic carbocycles. The Bertz CT molecular complexity index is 562. The molecule has 0 bridgehead atoms. The molecule has 0 radical (unpaired) electrons. The van der Waals surface area contributed by atoms with Crippen molar-refractivity contribution in [2.75, 3.05) is 18.8 Å². The van der Waals surface area contributed by atoms with Crippen molar-refractivity contribution >= 4 is 17.3 Å². The number of nitrogen functional groups attached to an aromatic ring is 1. The normalized spacial score (nSPS) is 15.7. The van der Waals surface area contributed by atoms with Crippen LogP contribution in [0, 0.1) is 0 Å². The number of halogens is 1. The van der Waals surface area contributed by atoms with Gasteiger partial charge in [0.15, 0.2) is 0 Å². The van der Waals surface area contributed by atoms with Crippen molar-refractivity contribution in [3.63, 3.8) is 0 Å². The van der Waals surface area contributed by atoms with E-state index >= 15 is 0 Å². The van der Waals surface area contributed by atoms with E-state index in [0.29, 0.717) is 0 Å². The van der Waals surface area contributed by atoms with Gasteiger partial charge in [0.2, 0.25) is 0 Å². The van der Waals surface area contributed by atoms with Crippen molar-refractivity contribution in [3.05, 3.63) is 64.2 Å². The van der Waals surface area contributed by atoms with Crippen LogP contribution in [0.5, 0.6) is 0 Å². The number of hydrogen-bond acceptors (Lipinski definition) is 2. The second-order valence-electron chi connectivity index (χ2n) is 5.44. The summed E-state index contributed by atoms with van der Waals surface area (Å²) in [5.74, 6) is 0. The maximum atomic E-state index is 6.07. The van der Waals surface area contributed by atoms with E-state index in [1.54, 1.807) is 6.07 Å². The fourth-order valence-corrected chi connectivity index (χ4v) is 3.16. The average molecular weight is 287 g/mol. The molecule has 104 valence electrons. The number of nitrogens with two attached hydrogens (primary N) is 1. The maximum Gasteiger partial charge on any atom is 0.0429 e. The summed E-state index contributed by atoms with van der Waals surface area (Å²) >= 11 is 6.07. The molecule has 0 atom stereocenters. The van der Waals surface area contributed by atoms with Gasteiger partial charge in [-0.15, -0.1) is 0 Å². The predicted octanol–water partition coefficient (Wildman–Crippen LogP) is 3.52. The van der Waals surface area contributed by atoms with Gasteiger partial charge in [0.25, 0.3) is 0 Å². The lowest BCUT2D eigenvalue weighted by Crippen LogP contribution is -2.25. The van der Waals surface area contributed by atoms with Crippen molar-refractivity contribution < 1.29 is 0 Å². The van der Waals surface area contributed by atoms with E-state index in [1.165, 1.54) is 16.7 Å². The molecule has 0 aromatic heterocycles. The number of rotatable bonds is 2. The van der Waals surface area contributed by atoms with Gasteiger partial charge in [-0.1, -0.05) is 35.9 Å². The maximum absolute atomic E-state index is 6.07. The smallest absolute Gasteiger partial charge is 0.0429 e. The zero-order valence-corrected chi connectivity index (χ0v) is 12.2. The topological polar surface area (TPSA) is 29.3 Å². The summed E-state index contributed by atoms with van der Waals surface area (Å²) in [6, 6.07) is 14.6. The van der Waals surface area contributed by atoms with E-state index in [0.717, 1.165) is 43.2 Å². The van der Waals surface area contributed by atoms with Crippen LogP contribution in [-0.2, 0) is 19.4 Å². The van der Waals surface area contributed by atoms with Crippen LogP contribution in [0.25, 0.3) is 0 Å². The molecule has 0 unspecified atom stereocenters. The number of anilines is 1. The molecule has 3 heteroatoms. The van der Waals surface area contributed by atoms with Crippen LogP contribution in [0.1, 0.15) is 16.7 Å². The Labute approximate surface area is 125 Å². The second-order valence-corrected chi connectivity index (χ2v) is 5.87. The van der Waals surface area contributed by atoms with Crippen LogP contribution in [0.3, 0.4) is 0 Å². The van der Waals surface area contributed by atoms with Crippen molar-refractivity contribution in [2.24, 2.45) is 0 Å². The summed E-state index contributed by atoms with van der Waals surface area (Å²) in [6.07, 6.45) is 2.23. The van der Waals surface area contributed by atoms with Crippen molar-refractivity contribution in [1.82, 2.24) is 4.90 Å². The molecule has 2 nitrogen and oxygen atoms in total. The fraction of sp³-hybridized carbons (Fsp3) is 0.294. The van der Waals surface area contributed by atoms with Gasteiger partial charge in [-0.05, 0) is 47.7 Å². The first-order valence-electron chi connectivity index (χ1n) is 7.05. The largest absolute Gasteiger partial charge is 0.399 e. The first kappa shape index (κ1) is 13.5. The molecule has 0 spiro atoms. The van der Waals surface area contributed by atoms with Gasteiger partial charge in [-0.3, -0.25) is 4.90 Å². The van der Waals surface area contributed by atoms with Crippen LogP contribution in [0.15, 0.2) is 42.5 Å². The third-order valence-corrected chi connectivity index (χ3v) is 4.12. The van der Waals surface area contributed by atoms with E-state index in [-0.39, 0.29) is 0 Å². The minimum absolute atomic E-state index is 0.720. The van der Waals surface area contributed by atoms with Crippen LogP contribution < -0.4 is 5.73 Å². The first-order valence-corrected chi connectivity index (χ1v) is 7.42. The number of nitrogens with zero attached hydrogens (tertiary/aromatic N) is 1. The number of benzene rings is 2. The minimum atomic E-state index is 0.720. The Hall–Kier alpha value is -1.51. The zero-order valence-electron chi connectivity index (χ0n) is 11.5. The highest BCUT2D eigenvalue weighted by atomic mass is 35.5. The lowest BCUT2D eigenvalue weighted by molar-refractivity contribution is 0.279. The summed E-state index contributed by atoms with van der Waals surface area (Å²) in [6.45, 7) is 3.09. The van der Waals surface area contributed by atoms with Gasteiger partial charge >= 0.3 is 0 Å². The highest BCUT2D eigenvalue weighted by Crippen LogP contribution is 2.20. The Morgan fingerprint density at radius 3 is 2.25 bits per heavy atom. The first-order chi connectivity index (χ1) is 9.70. The molecule has 0 saturated heterocycles. The molecule has 0 saturated carbocycles. The molecule has 3 rings (SSSR count). The minimum Gasteiger partial charge on any atom is -0.399 e. The van der Waals surface area contributed by atoms with Crippen molar-refractivity contribution in [3.8, 4) is 0 Å². The van der Waals surface area contributed by atoms with Gasteiger partial charge < -0.3 is 5.73 Å². The molecular weight excluding hydrogens is 268 g/mol. The van der Waals surface area contributed by atoms with Crippen LogP contribution in [0.4, 0.5) is 5.69 Å². The third-order valence-electron chi connectivity index (χ3n) is 3.90. The van der Waals surface area contributed by atoms with E-state index in [2.05, 4.69) is 29.2 Å². The van der Waals surface area contributed by atoms with E-state index in [1.807, 2.05) is 12.1 Å². The molecule has 0 fully saturated rings. The van der Waals surface area contributed by atoms with Crippen LogP contribution in [-0.4, -0.2) is 18.0 Å². The summed E-state index contributed by atoms with van der Waals surface area (Å²) in [4.78, 5) is 2.48. The number of hydrogen-bond donors (Lipinski definition) is 1. The summed E-state index contributed by atoms with van der Waals surface area (Å²) < 4.78 is 0. The van der Waals surface area contributed by atoms with Gasteiger partial charge in [-0.25, -0.2) is 0 Å². The Balaban J connectivity index is 1.71. The lowest BCUT2D eigenvalue weighted by Gasteiger charge is -2.20. The van der Waals surface area contributed by atoms with Gasteiger partial charge in [0.1, 0.15) is 0 Å². The molecule has 1 heterocycles. The third kappa shape index (κ3) is 3.14. The molecule has 1 aliphatic heterocycles. The zero-order chi connectivity index (χ0) is 13.9. The summed E-state index contributed by atoms with van der Waals surface area (Å²) in [7, 11) is 0. The van der Waals surface area contributed by atoms with Gasteiger partial charge in [-0.2, -0.15) is 0 Å². The SMILES string of the molecule is Nc1cc(Cl)cc(CN2CCc3ccccc3CC2)c1. The van der Waals surface area contributed by atoms with Crippen LogP contribution in [0.2, 0.25) is 5.02 Å². The quantitative estimate of drug-likeness (QED) is 0.856. The molecule has 1 aliphatic rings. The van der Waals surface area contributed by atoms with Crippen LogP contribution >= 0.6 is 11.6 Å². The highest BCUT2D eigenvalue weighted by molar-refractivity contribution is 6.30. The Kier molecular flexibility index (Phi) is 3.95. The highest BCUT2D eigenvalue weighted by Gasteiger charge is 2.13. The average Bonchev–Trinajstić information content (AvgIpc) is 2.61. The molecule has 20 heavy (non-hydrogen) atoms. The molecule has 2 aromatic rings. The van der Waals surface area contributed by atoms with Gasteiger partial charge in [0.05, 0.1) is 0 Å². The van der Waals surface area contributed by atoms with E-state index in [4.69, 9.17) is 17.3 Å². The van der Waals surface area contributed by atoms with E-state index < -0.39 is 0 Å². The molecule has 2 N–H and O–H groups in total. The van der Waals surface area contributed by atoms with Crippen molar-refractivity contribution in [2.45, 2.75) is 19.4 Å². The van der Waals surface area contributed by atoms with Crippen molar-refractivity contribution in [1.29, 1.82) is 0 Å². The molecule has 0 aliphatic carbocycles. The van der Waals surface area contributed by atoms with E-state index in [9.17, 15) is 0 Å². The monoisotopic (exact) mass is 286 g/mol. The lowest BCUT2D eigenvalue weighted by atomic mass is 10.0. The standard InChI is InChI=1S/C17H19ClN2/c18-16-9-13(10-17(19)11-16)12-20-7-5-14-3-1-2-4-15(14)6-8-20/h1-4,9-11H,5-8,12,19H2. The summed E-state index contributed by atoms with van der Waals surface area (Å²) in [5.41, 5.74) is 10.8. The summed E-state index contributed by atoms with van der Waals surface area (Å²) in [5, 5.41) is 0.720. The van der Waals surface area contributed by atoms with Gasteiger partial charge in [0, 0.05) is 30.3 Å². The molecular formula is C17H19ClN2. The Morgan fingerprint density at radius 2 is 1.65 bits per heavy atom.